The molecule has 0 aromatic heterocycles. The van der Waals surface area contributed by atoms with E-state index in [-0.39, 0.29) is 24.9 Å². The van der Waals surface area contributed by atoms with E-state index in [0.717, 1.165) is 5.57 Å². The van der Waals surface area contributed by atoms with Gasteiger partial charge in [0.2, 0.25) is 0 Å². The van der Waals surface area contributed by atoms with E-state index in [4.69, 9.17) is 14.2 Å². The van der Waals surface area contributed by atoms with Crippen molar-refractivity contribution in [3.8, 4) is 0 Å². The third kappa shape index (κ3) is 2.77. The molecule has 0 unspecified atom stereocenters. The largest absolute Gasteiger partial charge is 0.392 e. The van der Waals surface area contributed by atoms with Crippen LogP contribution in [0.5, 0.6) is 0 Å². The zero-order chi connectivity index (χ0) is 12.5. The van der Waals surface area contributed by atoms with Crippen LogP contribution < -0.4 is 0 Å². The monoisotopic (exact) mass is 240 g/mol. The summed E-state index contributed by atoms with van der Waals surface area (Å²) >= 11 is 0. The van der Waals surface area contributed by atoms with Gasteiger partial charge in [0.05, 0.1) is 19.3 Å². The van der Waals surface area contributed by atoms with Crippen molar-refractivity contribution in [1.82, 2.24) is 0 Å². The van der Waals surface area contributed by atoms with Crippen LogP contribution in [0.2, 0.25) is 0 Å². The molecule has 0 radical (unpaired) electrons. The molecule has 1 aliphatic heterocycles. The van der Waals surface area contributed by atoms with Crippen molar-refractivity contribution in [2.45, 2.75) is 44.4 Å². The van der Waals surface area contributed by atoms with E-state index in [1.54, 1.807) is 6.08 Å². The van der Waals surface area contributed by atoms with E-state index < -0.39 is 5.79 Å². The maximum atomic E-state index is 9.24. The van der Waals surface area contributed by atoms with Crippen molar-refractivity contribution >= 4 is 0 Å². The number of hydrogen-bond donors (Lipinski definition) is 1. The highest BCUT2D eigenvalue weighted by molar-refractivity contribution is 5.17. The van der Waals surface area contributed by atoms with Crippen molar-refractivity contribution in [1.29, 1.82) is 0 Å². The van der Waals surface area contributed by atoms with Gasteiger partial charge < -0.3 is 19.3 Å². The second kappa shape index (κ2) is 4.90. The molecule has 1 saturated heterocycles. The molecule has 3 atom stereocenters. The fourth-order valence-corrected chi connectivity index (χ4v) is 2.39. The van der Waals surface area contributed by atoms with Gasteiger partial charge in [-0.15, -0.1) is 6.58 Å². The molecular weight excluding hydrogens is 220 g/mol. The Kier molecular flexibility index (Phi) is 3.68. The van der Waals surface area contributed by atoms with E-state index >= 15 is 0 Å². The highest BCUT2D eigenvalue weighted by Gasteiger charge is 2.47. The van der Waals surface area contributed by atoms with E-state index in [2.05, 4.69) is 6.58 Å². The first-order chi connectivity index (χ1) is 8.05. The van der Waals surface area contributed by atoms with Crippen molar-refractivity contribution in [3.63, 3.8) is 0 Å². The Morgan fingerprint density at radius 2 is 2.35 bits per heavy atom. The molecule has 96 valence electrons. The van der Waals surface area contributed by atoms with Crippen LogP contribution in [-0.4, -0.2) is 42.4 Å². The molecule has 2 rings (SSSR count). The number of rotatable bonds is 4. The zero-order valence-electron chi connectivity index (χ0n) is 10.4. The molecule has 1 aliphatic carbocycles. The summed E-state index contributed by atoms with van der Waals surface area (Å²) in [5.41, 5.74) is 0.946. The topological polar surface area (TPSA) is 47.9 Å². The minimum Gasteiger partial charge on any atom is -0.392 e. The van der Waals surface area contributed by atoms with Crippen LogP contribution in [0.3, 0.4) is 0 Å². The molecule has 0 aromatic rings. The highest BCUT2D eigenvalue weighted by atomic mass is 16.8. The molecule has 1 fully saturated rings. The lowest BCUT2D eigenvalue weighted by Gasteiger charge is -2.29. The van der Waals surface area contributed by atoms with Crippen LogP contribution in [0.1, 0.15) is 20.3 Å². The van der Waals surface area contributed by atoms with Gasteiger partial charge in [0, 0.05) is 0 Å². The predicted octanol–water partition coefficient (Wildman–Crippen LogP) is 1.40. The lowest BCUT2D eigenvalue weighted by molar-refractivity contribution is -0.154. The molecule has 4 heteroatoms. The van der Waals surface area contributed by atoms with Gasteiger partial charge in [0.15, 0.2) is 5.79 Å². The number of aliphatic hydroxyl groups excluding tert-OH is 1. The smallest absolute Gasteiger partial charge is 0.163 e. The van der Waals surface area contributed by atoms with Gasteiger partial charge in [-0.25, -0.2) is 0 Å². The molecule has 0 saturated carbocycles. The molecular formula is C13H20O4. The maximum Gasteiger partial charge on any atom is 0.163 e. The van der Waals surface area contributed by atoms with Crippen LogP contribution in [0, 0.1) is 0 Å². The van der Waals surface area contributed by atoms with Gasteiger partial charge in [-0.1, -0.05) is 12.2 Å². The molecule has 1 heterocycles. The molecule has 0 amide bonds. The van der Waals surface area contributed by atoms with E-state index in [9.17, 15) is 5.11 Å². The van der Waals surface area contributed by atoms with Crippen LogP contribution >= 0.6 is 0 Å². The Bertz CT molecular complexity index is 321. The lowest BCUT2D eigenvalue weighted by atomic mass is 9.92. The first-order valence-corrected chi connectivity index (χ1v) is 5.94. The lowest BCUT2D eigenvalue weighted by Crippen LogP contribution is -2.40. The standard InChI is InChI=1S/C13H20O4/c1-4-5-15-10-6-9(8-14)7-11-12(10)17-13(2,3)16-11/h4,6,10-12,14H,1,5,7-8H2,2-3H3/t10-,11+,12-/m0/s1. The molecule has 1 N–H and O–H groups in total. The van der Waals surface area contributed by atoms with Gasteiger partial charge in [-0.05, 0) is 25.8 Å². The second-order valence-electron chi connectivity index (χ2n) is 4.91. The van der Waals surface area contributed by atoms with Gasteiger partial charge >= 0.3 is 0 Å². The Balaban J connectivity index is 2.12. The van der Waals surface area contributed by atoms with Gasteiger partial charge in [0.1, 0.15) is 12.2 Å². The minimum atomic E-state index is -0.579. The molecule has 0 bridgehead atoms. The van der Waals surface area contributed by atoms with Crippen LogP contribution in [0.4, 0.5) is 0 Å². The summed E-state index contributed by atoms with van der Waals surface area (Å²) in [6.07, 6.45) is 4.05. The highest BCUT2D eigenvalue weighted by Crippen LogP contribution is 2.37. The third-order valence-corrected chi connectivity index (χ3v) is 3.02. The molecule has 2 aliphatic rings. The Hall–Kier alpha value is -0.680. The first-order valence-electron chi connectivity index (χ1n) is 5.94. The minimum absolute atomic E-state index is 0.0352. The summed E-state index contributed by atoms with van der Waals surface area (Å²) in [7, 11) is 0. The third-order valence-electron chi connectivity index (χ3n) is 3.02. The Labute approximate surface area is 102 Å². The summed E-state index contributed by atoms with van der Waals surface area (Å²) < 4.78 is 17.3. The molecule has 0 spiro atoms. The quantitative estimate of drug-likeness (QED) is 0.755. The number of hydrogen-bond acceptors (Lipinski definition) is 4. The maximum absolute atomic E-state index is 9.24. The van der Waals surface area contributed by atoms with Crippen LogP contribution in [-0.2, 0) is 14.2 Å². The normalized spacial score (nSPS) is 35.2. The fourth-order valence-electron chi connectivity index (χ4n) is 2.39. The molecule has 4 nitrogen and oxygen atoms in total. The summed E-state index contributed by atoms with van der Waals surface area (Å²) in [6, 6.07) is 0. The number of aliphatic hydroxyl groups is 1. The number of ether oxygens (including phenoxy) is 3. The van der Waals surface area contributed by atoms with Gasteiger partial charge in [-0.3, -0.25) is 0 Å². The summed E-state index contributed by atoms with van der Waals surface area (Å²) in [4.78, 5) is 0. The average molecular weight is 240 g/mol. The summed E-state index contributed by atoms with van der Waals surface area (Å²) in [6.45, 7) is 7.93. The Morgan fingerprint density at radius 3 is 3.00 bits per heavy atom. The average Bonchev–Trinajstić information content (AvgIpc) is 2.59. The summed E-state index contributed by atoms with van der Waals surface area (Å²) in [5.74, 6) is -0.579. The van der Waals surface area contributed by atoms with Crippen LogP contribution in [0.25, 0.3) is 0 Å². The second-order valence-corrected chi connectivity index (χ2v) is 4.91. The zero-order valence-corrected chi connectivity index (χ0v) is 10.4. The first kappa shape index (κ1) is 12.8. The SMILES string of the molecule is C=CCO[C@H]1C=C(CO)C[C@H]2OC(C)(C)O[C@@H]12. The molecule has 17 heavy (non-hydrogen) atoms. The predicted molar refractivity (Wildman–Crippen MR) is 63.5 cm³/mol. The number of fused-ring (bicyclic) bond motifs is 1. The van der Waals surface area contributed by atoms with Crippen molar-refractivity contribution in [2.24, 2.45) is 0 Å². The van der Waals surface area contributed by atoms with Crippen molar-refractivity contribution < 1.29 is 19.3 Å². The van der Waals surface area contributed by atoms with Gasteiger partial charge in [0.25, 0.3) is 0 Å². The van der Waals surface area contributed by atoms with E-state index in [0.29, 0.717) is 13.0 Å². The van der Waals surface area contributed by atoms with E-state index in [1.165, 1.54) is 0 Å². The molecule has 0 aromatic carbocycles. The fraction of sp³-hybridized carbons (Fsp3) is 0.692. The van der Waals surface area contributed by atoms with Gasteiger partial charge in [-0.2, -0.15) is 0 Å². The van der Waals surface area contributed by atoms with E-state index in [1.807, 2.05) is 19.9 Å². The van der Waals surface area contributed by atoms with Crippen molar-refractivity contribution in [3.05, 3.63) is 24.3 Å². The van der Waals surface area contributed by atoms with Crippen molar-refractivity contribution in [2.75, 3.05) is 13.2 Å². The van der Waals surface area contributed by atoms with Crippen LogP contribution in [0.15, 0.2) is 24.3 Å². The summed E-state index contributed by atoms with van der Waals surface area (Å²) in [5, 5.41) is 9.24. The Morgan fingerprint density at radius 1 is 1.59 bits per heavy atom.